The van der Waals surface area contributed by atoms with E-state index in [0.29, 0.717) is 6.42 Å². The van der Waals surface area contributed by atoms with E-state index in [1.54, 1.807) is 11.6 Å². The number of aryl methyl sites for hydroxylation is 1. The van der Waals surface area contributed by atoms with Crippen molar-refractivity contribution >= 4 is 6.08 Å². The molecule has 0 saturated heterocycles. The second-order valence-electron chi connectivity index (χ2n) is 5.82. The fraction of sp³-hybridized carbons (Fsp3) is 0.158. The van der Waals surface area contributed by atoms with Crippen molar-refractivity contribution < 1.29 is 0 Å². The van der Waals surface area contributed by atoms with Gasteiger partial charge in [0, 0.05) is 43.3 Å². The van der Waals surface area contributed by atoms with Crippen molar-refractivity contribution in [3.05, 3.63) is 82.0 Å². The van der Waals surface area contributed by atoms with Crippen LogP contribution in [0.3, 0.4) is 0 Å². The zero-order chi connectivity index (χ0) is 15.8. The molecule has 0 N–H and O–H groups in total. The largest absolute Gasteiger partial charge is 0.327 e. The predicted molar refractivity (Wildman–Crippen MR) is 91.2 cm³/mol. The number of pyridine rings is 1. The minimum absolute atomic E-state index is 0.0786. The summed E-state index contributed by atoms with van der Waals surface area (Å²) in [7, 11) is 1.80. The lowest BCUT2D eigenvalue weighted by atomic mass is 10.1. The minimum Gasteiger partial charge on any atom is -0.327 e. The third-order valence-electron chi connectivity index (χ3n) is 4.28. The summed E-state index contributed by atoms with van der Waals surface area (Å²) < 4.78 is 3.78. The first-order chi connectivity index (χ1) is 11.2. The van der Waals surface area contributed by atoms with E-state index in [-0.39, 0.29) is 5.56 Å². The van der Waals surface area contributed by atoms with Crippen LogP contribution in [0.5, 0.6) is 0 Å². The summed E-state index contributed by atoms with van der Waals surface area (Å²) in [6.45, 7) is 0.761. The van der Waals surface area contributed by atoms with Gasteiger partial charge in [0.15, 0.2) is 0 Å². The zero-order valence-corrected chi connectivity index (χ0v) is 12.9. The molecule has 0 radical (unpaired) electrons. The van der Waals surface area contributed by atoms with Gasteiger partial charge in [0.1, 0.15) is 5.82 Å². The summed E-state index contributed by atoms with van der Waals surface area (Å²) in [5.74, 6) is 0.896. The molecule has 4 heteroatoms. The number of rotatable bonds is 3. The Morgan fingerprint density at radius 2 is 2.04 bits per heavy atom. The monoisotopic (exact) mass is 303 g/mol. The first kappa shape index (κ1) is 13.8. The van der Waals surface area contributed by atoms with Crippen molar-refractivity contribution in [3.8, 4) is 11.4 Å². The maximum absolute atomic E-state index is 12.3. The molecular formula is C19H17N3O. The molecule has 0 saturated carbocycles. The normalized spacial score (nSPS) is 12.6. The molecule has 0 fully saturated rings. The smallest absolute Gasteiger partial charge is 0.254 e. The Morgan fingerprint density at radius 1 is 1.22 bits per heavy atom. The van der Waals surface area contributed by atoms with Crippen molar-refractivity contribution in [1.82, 2.24) is 14.1 Å². The quantitative estimate of drug-likeness (QED) is 0.746. The van der Waals surface area contributed by atoms with Crippen molar-refractivity contribution in [2.75, 3.05) is 0 Å². The molecular weight excluding hydrogens is 286 g/mol. The summed E-state index contributed by atoms with van der Waals surface area (Å²) >= 11 is 0. The van der Waals surface area contributed by atoms with Crippen molar-refractivity contribution in [1.29, 1.82) is 0 Å². The molecule has 0 atom stereocenters. The second-order valence-corrected chi connectivity index (χ2v) is 5.82. The number of hydrogen-bond donors (Lipinski definition) is 0. The number of imidazole rings is 1. The van der Waals surface area contributed by atoms with E-state index >= 15 is 0 Å². The van der Waals surface area contributed by atoms with Crippen LogP contribution in [-0.2, 0) is 20.0 Å². The van der Waals surface area contributed by atoms with Gasteiger partial charge in [-0.05, 0) is 17.5 Å². The van der Waals surface area contributed by atoms with E-state index < -0.39 is 0 Å². The molecule has 23 heavy (non-hydrogen) atoms. The molecule has 1 aliphatic carbocycles. The molecule has 4 rings (SSSR count). The Kier molecular flexibility index (Phi) is 3.23. The van der Waals surface area contributed by atoms with Gasteiger partial charge in [-0.25, -0.2) is 4.98 Å². The van der Waals surface area contributed by atoms with Gasteiger partial charge in [0.05, 0.1) is 0 Å². The zero-order valence-electron chi connectivity index (χ0n) is 12.9. The molecule has 0 aliphatic heterocycles. The number of hydrogen-bond acceptors (Lipinski definition) is 2. The van der Waals surface area contributed by atoms with Crippen LogP contribution >= 0.6 is 0 Å². The summed E-state index contributed by atoms with van der Waals surface area (Å²) in [6.07, 6.45) is 10.5. The maximum Gasteiger partial charge on any atom is 0.254 e. The Hall–Kier alpha value is -2.88. The lowest BCUT2D eigenvalue weighted by Crippen LogP contribution is -2.21. The fourth-order valence-electron chi connectivity index (χ4n) is 3.13. The molecule has 0 amide bonds. The third-order valence-corrected chi connectivity index (χ3v) is 4.28. The number of fused-ring (bicyclic) bond motifs is 1. The molecule has 0 spiro atoms. The number of benzene rings is 1. The van der Waals surface area contributed by atoms with Gasteiger partial charge >= 0.3 is 0 Å². The third kappa shape index (κ3) is 2.32. The molecule has 0 bridgehead atoms. The lowest BCUT2D eigenvalue weighted by Gasteiger charge is -2.13. The molecule has 3 aromatic rings. The molecule has 4 nitrogen and oxygen atoms in total. The standard InChI is InChI=1S/C19H17N3O/c1-21-13-17(15-8-5-9-16(15)19(21)23)18-20-10-11-22(18)12-14-6-3-2-4-7-14/h2-8,10-11,13H,9,12H2,1H3. The highest BCUT2D eigenvalue weighted by molar-refractivity contribution is 5.75. The van der Waals surface area contributed by atoms with Gasteiger partial charge in [-0.1, -0.05) is 42.5 Å². The number of nitrogens with zero attached hydrogens (tertiary/aromatic N) is 3. The van der Waals surface area contributed by atoms with Crippen LogP contribution in [0.2, 0.25) is 0 Å². The van der Waals surface area contributed by atoms with E-state index in [9.17, 15) is 4.79 Å². The number of aromatic nitrogens is 3. The number of allylic oxidation sites excluding steroid dienone is 1. The average molecular weight is 303 g/mol. The van der Waals surface area contributed by atoms with E-state index in [2.05, 4.69) is 21.7 Å². The Balaban J connectivity index is 1.83. The highest BCUT2D eigenvalue weighted by Crippen LogP contribution is 2.28. The van der Waals surface area contributed by atoms with E-state index in [1.807, 2.05) is 48.9 Å². The predicted octanol–water partition coefficient (Wildman–Crippen LogP) is 2.87. The van der Waals surface area contributed by atoms with Crippen LogP contribution in [0, 0.1) is 0 Å². The minimum atomic E-state index is 0.0786. The maximum atomic E-state index is 12.3. The first-order valence-electron chi connectivity index (χ1n) is 7.68. The van der Waals surface area contributed by atoms with Gasteiger partial charge in [0.2, 0.25) is 0 Å². The second kappa shape index (κ2) is 5.39. The highest BCUT2D eigenvalue weighted by Gasteiger charge is 2.19. The first-order valence-corrected chi connectivity index (χ1v) is 7.68. The van der Waals surface area contributed by atoms with Crippen LogP contribution < -0.4 is 5.56 Å². The van der Waals surface area contributed by atoms with Crippen LogP contribution in [0.4, 0.5) is 0 Å². The average Bonchev–Trinajstić information content (AvgIpc) is 3.21. The molecule has 0 unspecified atom stereocenters. The molecule has 1 aliphatic rings. The van der Waals surface area contributed by atoms with Crippen LogP contribution in [0.25, 0.3) is 17.5 Å². The van der Waals surface area contributed by atoms with Crippen LogP contribution in [-0.4, -0.2) is 14.1 Å². The Labute approximate surface area is 134 Å². The van der Waals surface area contributed by atoms with Gasteiger partial charge < -0.3 is 9.13 Å². The van der Waals surface area contributed by atoms with E-state index in [1.165, 1.54) is 5.56 Å². The summed E-state index contributed by atoms with van der Waals surface area (Å²) in [5.41, 5.74) is 4.18. The van der Waals surface area contributed by atoms with Gasteiger partial charge in [-0.2, -0.15) is 0 Å². The van der Waals surface area contributed by atoms with Gasteiger partial charge in [-0.15, -0.1) is 0 Å². The molecule has 1 aromatic carbocycles. The van der Waals surface area contributed by atoms with Crippen LogP contribution in [0.15, 0.2) is 59.8 Å². The molecule has 114 valence electrons. The Bertz CT molecular complexity index is 948. The Morgan fingerprint density at radius 3 is 2.87 bits per heavy atom. The topological polar surface area (TPSA) is 39.8 Å². The van der Waals surface area contributed by atoms with E-state index in [4.69, 9.17) is 0 Å². The van der Waals surface area contributed by atoms with Gasteiger partial charge in [0.25, 0.3) is 5.56 Å². The molecule has 2 heterocycles. The lowest BCUT2D eigenvalue weighted by molar-refractivity contribution is 0.797. The van der Waals surface area contributed by atoms with Crippen molar-refractivity contribution in [3.63, 3.8) is 0 Å². The van der Waals surface area contributed by atoms with Crippen molar-refractivity contribution in [2.45, 2.75) is 13.0 Å². The summed E-state index contributed by atoms with van der Waals surface area (Å²) in [4.78, 5) is 16.8. The van der Waals surface area contributed by atoms with Crippen LogP contribution in [0.1, 0.15) is 16.7 Å². The molecule has 2 aromatic heterocycles. The SMILES string of the molecule is Cn1cc(-c2nccn2Cc2ccccc2)c2c(c1=O)CC=C2. The summed E-state index contributed by atoms with van der Waals surface area (Å²) in [6, 6.07) is 10.3. The summed E-state index contributed by atoms with van der Waals surface area (Å²) in [5, 5.41) is 0. The van der Waals surface area contributed by atoms with E-state index in [0.717, 1.165) is 29.1 Å². The fourth-order valence-corrected chi connectivity index (χ4v) is 3.13. The van der Waals surface area contributed by atoms with Crippen molar-refractivity contribution in [2.24, 2.45) is 7.05 Å². The van der Waals surface area contributed by atoms with Gasteiger partial charge in [-0.3, -0.25) is 4.79 Å². The highest BCUT2D eigenvalue weighted by atomic mass is 16.1.